The minimum absolute atomic E-state index is 0.904. The monoisotopic (exact) mass is 765 g/mol. The largest absolute Gasteiger partial charge is 0.456 e. The maximum atomic E-state index is 6.13. The topological polar surface area (TPSA) is 16.4 Å². The van der Waals surface area contributed by atoms with Crippen molar-refractivity contribution in [2.75, 3.05) is 4.90 Å². The average Bonchev–Trinajstić information content (AvgIpc) is 3.71. The molecule has 0 bridgehead atoms. The summed E-state index contributed by atoms with van der Waals surface area (Å²) in [4.78, 5) is 2.35. The molecule has 11 aromatic rings. The lowest BCUT2D eigenvalue weighted by Crippen LogP contribution is -2.09. The number of rotatable bonds is 8. The molecule has 1 aromatic heterocycles. The van der Waals surface area contributed by atoms with Gasteiger partial charge in [-0.1, -0.05) is 176 Å². The summed E-state index contributed by atoms with van der Waals surface area (Å²) in [7, 11) is 0. The fourth-order valence-electron chi connectivity index (χ4n) is 8.68. The first-order valence-electron chi connectivity index (χ1n) is 20.5. The van der Waals surface area contributed by atoms with Crippen LogP contribution in [0.4, 0.5) is 17.1 Å². The van der Waals surface area contributed by atoms with Crippen LogP contribution in [-0.4, -0.2) is 0 Å². The number of nitrogens with zero attached hydrogens (tertiary/aromatic N) is 1. The molecule has 0 spiro atoms. The summed E-state index contributed by atoms with van der Waals surface area (Å²) in [6.07, 6.45) is 0. The fourth-order valence-corrected chi connectivity index (χ4v) is 8.68. The van der Waals surface area contributed by atoms with E-state index in [2.05, 4.69) is 229 Å². The van der Waals surface area contributed by atoms with E-state index in [4.69, 9.17) is 4.42 Å². The van der Waals surface area contributed by atoms with E-state index in [1.807, 2.05) is 12.1 Å². The highest BCUT2D eigenvalue weighted by Crippen LogP contribution is 2.41. The maximum absolute atomic E-state index is 6.13. The van der Waals surface area contributed by atoms with Gasteiger partial charge in [0.15, 0.2) is 0 Å². The molecule has 0 aliphatic carbocycles. The van der Waals surface area contributed by atoms with Gasteiger partial charge in [0.05, 0.1) is 0 Å². The molecule has 0 unspecified atom stereocenters. The van der Waals surface area contributed by atoms with E-state index in [0.29, 0.717) is 0 Å². The molecule has 11 rings (SSSR count). The molecule has 0 amide bonds. The van der Waals surface area contributed by atoms with Gasteiger partial charge in [0.2, 0.25) is 0 Å². The molecule has 1 heterocycles. The van der Waals surface area contributed by atoms with E-state index in [1.54, 1.807) is 0 Å². The van der Waals surface area contributed by atoms with Crippen molar-refractivity contribution in [2.45, 2.75) is 0 Å². The van der Waals surface area contributed by atoms with Gasteiger partial charge in [0.1, 0.15) is 11.2 Å². The summed E-state index contributed by atoms with van der Waals surface area (Å²) in [6, 6.07) is 84.9. The predicted molar refractivity (Wildman–Crippen MR) is 253 cm³/mol. The van der Waals surface area contributed by atoms with E-state index < -0.39 is 0 Å². The number of hydrogen-bond acceptors (Lipinski definition) is 2. The zero-order valence-electron chi connectivity index (χ0n) is 32.9. The molecular weight excluding hydrogens is 727 g/mol. The highest BCUT2D eigenvalue weighted by molar-refractivity contribution is 6.06. The molecular formula is C58H39NO. The first kappa shape index (κ1) is 35.2. The van der Waals surface area contributed by atoms with E-state index >= 15 is 0 Å². The molecule has 0 aliphatic heterocycles. The van der Waals surface area contributed by atoms with Crippen LogP contribution in [0.15, 0.2) is 241 Å². The van der Waals surface area contributed by atoms with E-state index in [0.717, 1.165) is 50.1 Å². The summed E-state index contributed by atoms with van der Waals surface area (Å²) in [5, 5.41) is 4.76. The number of benzene rings is 10. The minimum Gasteiger partial charge on any atom is -0.456 e. The van der Waals surface area contributed by atoms with Crippen LogP contribution < -0.4 is 4.90 Å². The molecule has 2 nitrogen and oxygen atoms in total. The van der Waals surface area contributed by atoms with E-state index in [-0.39, 0.29) is 0 Å². The van der Waals surface area contributed by atoms with Gasteiger partial charge in [-0.15, -0.1) is 0 Å². The second-order valence-electron chi connectivity index (χ2n) is 15.3. The number of para-hydroxylation sites is 1. The maximum Gasteiger partial charge on any atom is 0.135 e. The Labute approximate surface area is 349 Å². The Morgan fingerprint density at radius 1 is 0.250 bits per heavy atom. The van der Waals surface area contributed by atoms with Gasteiger partial charge in [0, 0.05) is 27.8 Å². The van der Waals surface area contributed by atoms with Crippen LogP contribution in [0.1, 0.15) is 0 Å². The van der Waals surface area contributed by atoms with Crippen molar-refractivity contribution < 1.29 is 4.42 Å². The summed E-state index contributed by atoms with van der Waals surface area (Å²) < 4.78 is 6.13. The standard InChI is InChI=1S/C58H39NO/c1-3-12-42(13-4-1)53-36-28-46(38-55(53)44-14-5-2-6-15-44)40-22-30-48(31-23-40)59(50-34-26-45(27-35-50)52-20-11-17-43-16-7-8-18-51(43)52)49-32-24-41(25-33-49)47-29-37-58-56(39-47)54-19-9-10-21-57(54)60-58/h1-39H. The van der Waals surface area contributed by atoms with E-state index in [9.17, 15) is 0 Å². The van der Waals surface area contributed by atoms with Crippen molar-refractivity contribution in [3.63, 3.8) is 0 Å². The van der Waals surface area contributed by atoms with Crippen LogP contribution in [0.25, 0.3) is 88.3 Å². The lowest BCUT2D eigenvalue weighted by molar-refractivity contribution is 0.669. The SMILES string of the molecule is c1ccc(-c2ccc(-c3ccc(N(c4ccc(-c5ccc6oc7ccccc7c6c5)cc4)c4ccc(-c5cccc6ccccc56)cc4)cc3)cc2-c2ccccc2)cc1. The third-order valence-electron chi connectivity index (χ3n) is 11.7. The molecule has 10 aromatic carbocycles. The van der Waals surface area contributed by atoms with Crippen LogP contribution >= 0.6 is 0 Å². The van der Waals surface area contributed by atoms with Gasteiger partial charge in [-0.3, -0.25) is 0 Å². The van der Waals surface area contributed by atoms with Crippen molar-refractivity contribution in [3.8, 4) is 55.6 Å². The highest BCUT2D eigenvalue weighted by Gasteiger charge is 2.16. The van der Waals surface area contributed by atoms with Crippen LogP contribution in [0.5, 0.6) is 0 Å². The summed E-state index contributed by atoms with van der Waals surface area (Å²) in [6.45, 7) is 0. The van der Waals surface area contributed by atoms with Crippen LogP contribution in [0.2, 0.25) is 0 Å². The van der Waals surface area contributed by atoms with E-state index in [1.165, 1.54) is 55.3 Å². The van der Waals surface area contributed by atoms with Gasteiger partial charge in [-0.05, 0) is 127 Å². The zero-order valence-corrected chi connectivity index (χ0v) is 32.9. The summed E-state index contributed by atoms with van der Waals surface area (Å²) >= 11 is 0. The van der Waals surface area contributed by atoms with Crippen LogP contribution in [-0.2, 0) is 0 Å². The highest BCUT2D eigenvalue weighted by atomic mass is 16.3. The number of furan rings is 1. The Balaban J connectivity index is 0.976. The Morgan fingerprint density at radius 2 is 0.717 bits per heavy atom. The number of fused-ring (bicyclic) bond motifs is 4. The van der Waals surface area contributed by atoms with Crippen molar-refractivity contribution in [1.29, 1.82) is 0 Å². The molecule has 0 fully saturated rings. The van der Waals surface area contributed by atoms with Crippen molar-refractivity contribution in [3.05, 3.63) is 237 Å². The normalized spacial score (nSPS) is 11.3. The number of anilines is 3. The lowest BCUT2D eigenvalue weighted by atomic mass is 9.91. The molecule has 0 saturated heterocycles. The second kappa shape index (κ2) is 15.1. The van der Waals surface area contributed by atoms with Crippen molar-refractivity contribution >= 4 is 49.8 Å². The first-order valence-corrected chi connectivity index (χ1v) is 20.5. The number of hydrogen-bond donors (Lipinski definition) is 0. The molecule has 0 aliphatic rings. The molecule has 60 heavy (non-hydrogen) atoms. The third kappa shape index (κ3) is 6.51. The molecule has 2 heteroatoms. The van der Waals surface area contributed by atoms with Crippen molar-refractivity contribution in [1.82, 2.24) is 0 Å². The van der Waals surface area contributed by atoms with Gasteiger partial charge < -0.3 is 9.32 Å². The van der Waals surface area contributed by atoms with Crippen molar-refractivity contribution in [2.24, 2.45) is 0 Å². The fraction of sp³-hybridized carbons (Fsp3) is 0. The Hall–Kier alpha value is -7.94. The van der Waals surface area contributed by atoms with Gasteiger partial charge >= 0.3 is 0 Å². The molecule has 0 atom stereocenters. The van der Waals surface area contributed by atoms with Crippen LogP contribution in [0, 0.1) is 0 Å². The van der Waals surface area contributed by atoms with Crippen LogP contribution in [0.3, 0.4) is 0 Å². The lowest BCUT2D eigenvalue weighted by Gasteiger charge is -2.26. The predicted octanol–water partition coefficient (Wildman–Crippen LogP) is 16.5. The average molecular weight is 766 g/mol. The van der Waals surface area contributed by atoms with Gasteiger partial charge in [-0.25, -0.2) is 0 Å². The quantitative estimate of drug-likeness (QED) is 0.153. The van der Waals surface area contributed by atoms with Gasteiger partial charge in [0.25, 0.3) is 0 Å². The molecule has 0 saturated carbocycles. The Bertz CT molecular complexity index is 3270. The zero-order chi connectivity index (χ0) is 39.8. The smallest absolute Gasteiger partial charge is 0.135 e. The second-order valence-corrected chi connectivity index (χ2v) is 15.3. The molecule has 0 radical (unpaired) electrons. The minimum atomic E-state index is 0.904. The Morgan fingerprint density at radius 3 is 1.38 bits per heavy atom. The summed E-state index contributed by atoms with van der Waals surface area (Å²) in [5.74, 6) is 0. The Kier molecular flexibility index (Phi) is 8.87. The molecule has 0 N–H and O–H groups in total. The first-order chi connectivity index (χ1) is 29.7. The third-order valence-corrected chi connectivity index (χ3v) is 11.7. The van der Waals surface area contributed by atoms with Gasteiger partial charge in [-0.2, -0.15) is 0 Å². The molecule has 282 valence electrons. The summed E-state index contributed by atoms with van der Waals surface area (Å²) in [5.41, 5.74) is 17.0.